The van der Waals surface area contributed by atoms with Crippen LogP contribution in [0.2, 0.25) is 0 Å². The number of nitrogens with two attached hydrogens (primary N) is 1. The minimum absolute atomic E-state index is 0.0527. The zero-order valence-corrected chi connectivity index (χ0v) is 7.98. The molecule has 16 heavy (non-hydrogen) atoms. The highest BCUT2D eigenvalue weighted by Crippen LogP contribution is 2.28. The molecule has 0 radical (unpaired) electrons. The van der Waals surface area contributed by atoms with Crippen LogP contribution in [-0.4, -0.2) is 16.2 Å². The van der Waals surface area contributed by atoms with Crippen molar-refractivity contribution in [3.63, 3.8) is 0 Å². The van der Waals surface area contributed by atoms with Crippen LogP contribution in [0.15, 0.2) is 28.8 Å². The molecule has 1 aromatic heterocycles. The van der Waals surface area contributed by atoms with Crippen LogP contribution in [0.4, 0.5) is 10.1 Å². The summed E-state index contributed by atoms with van der Waals surface area (Å²) in [5, 5.41) is 12.0. The summed E-state index contributed by atoms with van der Waals surface area (Å²) in [5.74, 6) is -1.70. The fraction of sp³-hybridized carbons (Fsp3) is 0. The molecular weight excluding hydrogens is 215 g/mol. The highest BCUT2D eigenvalue weighted by molar-refractivity contribution is 5.94. The molecule has 0 amide bonds. The van der Waals surface area contributed by atoms with Crippen LogP contribution in [0, 0.1) is 5.82 Å². The summed E-state index contributed by atoms with van der Waals surface area (Å²) in [6.45, 7) is 0. The number of rotatable bonds is 2. The summed E-state index contributed by atoms with van der Waals surface area (Å²) in [5.41, 5.74) is 5.38. The van der Waals surface area contributed by atoms with Gasteiger partial charge in [0.2, 0.25) is 5.69 Å². The van der Waals surface area contributed by atoms with Crippen LogP contribution < -0.4 is 5.73 Å². The summed E-state index contributed by atoms with van der Waals surface area (Å²) in [4.78, 5) is 10.7. The van der Waals surface area contributed by atoms with Gasteiger partial charge in [-0.1, -0.05) is 17.3 Å². The maximum atomic E-state index is 12.9. The van der Waals surface area contributed by atoms with Gasteiger partial charge in [-0.15, -0.1) is 0 Å². The van der Waals surface area contributed by atoms with Crippen molar-refractivity contribution >= 4 is 11.7 Å². The first-order valence-electron chi connectivity index (χ1n) is 4.34. The SMILES string of the molecule is Nc1c(C(=O)O)noc1-c1cccc(F)c1. The van der Waals surface area contributed by atoms with Crippen molar-refractivity contribution in [3.05, 3.63) is 35.8 Å². The van der Waals surface area contributed by atoms with Crippen LogP contribution in [-0.2, 0) is 0 Å². The second kappa shape index (κ2) is 3.65. The third-order valence-corrected chi connectivity index (χ3v) is 2.02. The lowest BCUT2D eigenvalue weighted by Gasteiger charge is -1.96. The number of halogens is 1. The Morgan fingerprint density at radius 3 is 2.81 bits per heavy atom. The van der Waals surface area contributed by atoms with E-state index < -0.39 is 11.8 Å². The maximum absolute atomic E-state index is 12.9. The predicted octanol–water partition coefficient (Wildman–Crippen LogP) is 1.76. The zero-order valence-electron chi connectivity index (χ0n) is 7.98. The Morgan fingerprint density at radius 1 is 1.50 bits per heavy atom. The average Bonchev–Trinajstić information content (AvgIpc) is 2.60. The molecule has 0 saturated carbocycles. The Hall–Kier alpha value is -2.37. The Morgan fingerprint density at radius 2 is 2.25 bits per heavy atom. The number of hydrogen-bond donors (Lipinski definition) is 2. The lowest BCUT2D eigenvalue weighted by atomic mass is 10.1. The lowest BCUT2D eigenvalue weighted by Crippen LogP contribution is -2.01. The Kier molecular flexibility index (Phi) is 2.32. The van der Waals surface area contributed by atoms with E-state index in [0.717, 1.165) is 0 Å². The van der Waals surface area contributed by atoms with E-state index in [1.807, 2.05) is 0 Å². The van der Waals surface area contributed by atoms with Gasteiger partial charge in [0.15, 0.2) is 5.76 Å². The molecule has 0 aliphatic rings. The number of aromatic nitrogens is 1. The second-order valence-electron chi connectivity index (χ2n) is 3.09. The minimum Gasteiger partial charge on any atom is -0.476 e. The molecule has 0 spiro atoms. The molecule has 3 N–H and O–H groups in total. The number of anilines is 1. The van der Waals surface area contributed by atoms with Crippen LogP contribution in [0.3, 0.4) is 0 Å². The van der Waals surface area contributed by atoms with E-state index in [1.54, 1.807) is 6.07 Å². The summed E-state index contributed by atoms with van der Waals surface area (Å²) < 4.78 is 17.7. The molecule has 2 rings (SSSR count). The Balaban J connectivity index is 2.53. The predicted molar refractivity (Wildman–Crippen MR) is 53.3 cm³/mol. The van der Waals surface area contributed by atoms with Crippen molar-refractivity contribution in [2.24, 2.45) is 0 Å². The average molecular weight is 222 g/mol. The molecule has 5 nitrogen and oxygen atoms in total. The molecule has 0 unspecified atom stereocenters. The van der Waals surface area contributed by atoms with Gasteiger partial charge in [-0.05, 0) is 12.1 Å². The van der Waals surface area contributed by atoms with Crippen LogP contribution in [0.25, 0.3) is 11.3 Å². The van der Waals surface area contributed by atoms with Crippen LogP contribution >= 0.6 is 0 Å². The highest BCUT2D eigenvalue weighted by Gasteiger charge is 2.19. The van der Waals surface area contributed by atoms with E-state index in [4.69, 9.17) is 15.4 Å². The number of carboxylic acids is 1. The first kappa shape index (κ1) is 10.2. The fourth-order valence-electron chi connectivity index (χ4n) is 1.29. The molecule has 1 heterocycles. The normalized spacial score (nSPS) is 10.3. The molecule has 0 bridgehead atoms. The largest absolute Gasteiger partial charge is 0.476 e. The van der Waals surface area contributed by atoms with Gasteiger partial charge in [0.25, 0.3) is 0 Å². The van der Waals surface area contributed by atoms with Crippen molar-refractivity contribution in [1.82, 2.24) is 5.16 Å². The van der Waals surface area contributed by atoms with E-state index in [-0.39, 0.29) is 17.1 Å². The molecule has 6 heteroatoms. The first-order valence-corrected chi connectivity index (χ1v) is 4.34. The molecule has 0 aliphatic carbocycles. The molecule has 0 atom stereocenters. The molecule has 0 saturated heterocycles. The number of carbonyl (C=O) groups is 1. The smallest absolute Gasteiger partial charge is 0.360 e. The summed E-state index contributed by atoms with van der Waals surface area (Å²) in [6.07, 6.45) is 0. The van der Waals surface area contributed by atoms with Crippen molar-refractivity contribution < 1.29 is 18.8 Å². The van der Waals surface area contributed by atoms with Crippen molar-refractivity contribution in [2.45, 2.75) is 0 Å². The molecule has 0 aliphatic heterocycles. The molecule has 1 aromatic carbocycles. The van der Waals surface area contributed by atoms with Gasteiger partial charge in [0.1, 0.15) is 11.5 Å². The Labute approximate surface area is 89.3 Å². The van der Waals surface area contributed by atoms with Crippen molar-refractivity contribution in [3.8, 4) is 11.3 Å². The van der Waals surface area contributed by atoms with Gasteiger partial charge in [-0.3, -0.25) is 0 Å². The zero-order chi connectivity index (χ0) is 11.7. The summed E-state index contributed by atoms with van der Waals surface area (Å²) in [7, 11) is 0. The molecule has 0 fully saturated rings. The quantitative estimate of drug-likeness (QED) is 0.808. The van der Waals surface area contributed by atoms with Gasteiger partial charge < -0.3 is 15.4 Å². The van der Waals surface area contributed by atoms with E-state index in [0.29, 0.717) is 5.56 Å². The second-order valence-corrected chi connectivity index (χ2v) is 3.09. The summed E-state index contributed by atoms with van der Waals surface area (Å²) in [6, 6.07) is 5.45. The van der Waals surface area contributed by atoms with E-state index >= 15 is 0 Å². The summed E-state index contributed by atoms with van der Waals surface area (Å²) >= 11 is 0. The van der Waals surface area contributed by atoms with E-state index in [2.05, 4.69) is 5.16 Å². The monoisotopic (exact) mass is 222 g/mol. The fourth-order valence-corrected chi connectivity index (χ4v) is 1.29. The van der Waals surface area contributed by atoms with Crippen molar-refractivity contribution in [2.75, 3.05) is 5.73 Å². The third-order valence-electron chi connectivity index (χ3n) is 2.02. The van der Waals surface area contributed by atoms with Gasteiger partial charge >= 0.3 is 5.97 Å². The number of nitrogens with zero attached hydrogens (tertiary/aromatic N) is 1. The maximum Gasteiger partial charge on any atom is 0.360 e. The first-order chi connectivity index (χ1) is 7.59. The number of carboxylic acid groups (broad SMARTS) is 1. The molecule has 2 aromatic rings. The van der Waals surface area contributed by atoms with Crippen LogP contribution in [0.5, 0.6) is 0 Å². The Bertz CT molecular complexity index is 551. The molecule has 82 valence electrons. The lowest BCUT2D eigenvalue weighted by molar-refractivity contribution is 0.0687. The number of aromatic carboxylic acids is 1. The molecular formula is C10H7FN2O3. The van der Waals surface area contributed by atoms with Gasteiger partial charge in [-0.25, -0.2) is 9.18 Å². The number of nitrogen functional groups attached to an aromatic ring is 1. The van der Waals surface area contributed by atoms with E-state index in [1.165, 1.54) is 18.2 Å². The number of hydrogen-bond acceptors (Lipinski definition) is 4. The topological polar surface area (TPSA) is 89.4 Å². The number of benzene rings is 1. The third kappa shape index (κ3) is 1.60. The highest BCUT2D eigenvalue weighted by atomic mass is 19.1. The standard InChI is InChI=1S/C10H7FN2O3/c11-6-3-1-2-5(4-6)9-7(12)8(10(14)15)13-16-9/h1-4H,12H2,(H,14,15). The van der Waals surface area contributed by atoms with Crippen LogP contribution in [0.1, 0.15) is 10.5 Å². The van der Waals surface area contributed by atoms with Gasteiger partial charge in [0.05, 0.1) is 0 Å². The van der Waals surface area contributed by atoms with E-state index in [9.17, 15) is 9.18 Å². The van der Waals surface area contributed by atoms with Gasteiger partial charge in [0, 0.05) is 5.56 Å². The van der Waals surface area contributed by atoms with Gasteiger partial charge in [-0.2, -0.15) is 0 Å². The van der Waals surface area contributed by atoms with Crippen molar-refractivity contribution in [1.29, 1.82) is 0 Å². The minimum atomic E-state index is -1.29.